The summed E-state index contributed by atoms with van der Waals surface area (Å²) in [5.74, 6) is -0.205. The van der Waals surface area contributed by atoms with Crippen LogP contribution in [0.2, 0.25) is 0 Å². The van der Waals surface area contributed by atoms with Crippen LogP contribution >= 0.6 is 0 Å². The van der Waals surface area contributed by atoms with Crippen molar-refractivity contribution in [2.45, 2.75) is 256 Å². The highest BCUT2D eigenvalue weighted by molar-refractivity contribution is 5.76. The van der Waals surface area contributed by atoms with E-state index in [0.717, 1.165) is 57.8 Å². The molecule has 1 aliphatic heterocycles. The van der Waals surface area contributed by atoms with Crippen molar-refractivity contribution in [3.63, 3.8) is 0 Å². The highest BCUT2D eigenvalue weighted by Gasteiger charge is 2.44. The lowest BCUT2D eigenvalue weighted by Crippen LogP contribution is -2.60. The third kappa shape index (κ3) is 29.6. The monoisotopic (exact) mass is 822 g/mol. The Labute approximate surface area is 355 Å². The topological polar surface area (TPSA) is 149 Å². The average Bonchev–Trinajstić information content (AvgIpc) is 3.22. The molecular weight excluding hydrogens is 731 g/mol. The molecule has 340 valence electrons. The van der Waals surface area contributed by atoms with E-state index in [9.17, 15) is 30.3 Å². The standard InChI is InChI=1S/C49H91NO8/c1-3-5-7-9-10-11-12-13-14-15-16-17-18-19-20-21-22-23-24-25-26-27-28-29-30-31-32-33-35-36-38-43(52)42(50-45(53)39-37-34-8-6-4-2)41-57-49-48(56)47(55)46(54)44(40-51)58-49/h27-28,31-32,36,38,42-44,46-49,51-52,54-56H,3-26,29-30,33-35,37,39-41H2,1-2H3,(H,50,53)/b28-27+,32-31+,38-36+. The van der Waals surface area contributed by atoms with E-state index in [4.69, 9.17) is 9.47 Å². The van der Waals surface area contributed by atoms with Crippen LogP contribution in [0.5, 0.6) is 0 Å². The molecule has 1 heterocycles. The fourth-order valence-electron chi connectivity index (χ4n) is 7.54. The van der Waals surface area contributed by atoms with Gasteiger partial charge < -0.3 is 40.3 Å². The summed E-state index contributed by atoms with van der Waals surface area (Å²) in [5.41, 5.74) is 0. The van der Waals surface area contributed by atoms with Gasteiger partial charge in [0.2, 0.25) is 5.91 Å². The molecule has 0 spiro atoms. The summed E-state index contributed by atoms with van der Waals surface area (Å²) < 4.78 is 11.1. The van der Waals surface area contributed by atoms with Gasteiger partial charge in [-0.05, 0) is 44.9 Å². The first kappa shape index (κ1) is 54.4. The quantitative estimate of drug-likeness (QED) is 0.0264. The predicted octanol–water partition coefficient (Wildman–Crippen LogP) is 10.5. The van der Waals surface area contributed by atoms with Gasteiger partial charge in [-0.1, -0.05) is 198 Å². The molecule has 1 rings (SSSR count). The fraction of sp³-hybridized carbons (Fsp3) is 0.857. The number of unbranched alkanes of at least 4 members (excludes halogenated alkanes) is 26. The summed E-state index contributed by atoms with van der Waals surface area (Å²) in [7, 11) is 0. The third-order valence-corrected chi connectivity index (χ3v) is 11.4. The van der Waals surface area contributed by atoms with Gasteiger partial charge in [0.05, 0.1) is 25.4 Å². The van der Waals surface area contributed by atoms with Crippen molar-refractivity contribution in [2.24, 2.45) is 0 Å². The van der Waals surface area contributed by atoms with Crippen LogP contribution < -0.4 is 5.32 Å². The van der Waals surface area contributed by atoms with Gasteiger partial charge in [0, 0.05) is 6.42 Å². The van der Waals surface area contributed by atoms with Crippen LogP contribution in [-0.2, 0) is 14.3 Å². The Hall–Kier alpha value is -1.59. The van der Waals surface area contributed by atoms with Crippen LogP contribution in [0, 0.1) is 0 Å². The van der Waals surface area contributed by atoms with Gasteiger partial charge in [-0.2, -0.15) is 0 Å². The Morgan fingerprint density at radius 2 is 0.983 bits per heavy atom. The molecule has 1 saturated heterocycles. The minimum atomic E-state index is -1.57. The van der Waals surface area contributed by atoms with E-state index in [2.05, 4.69) is 43.5 Å². The molecule has 0 aromatic carbocycles. The minimum Gasteiger partial charge on any atom is -0.394 e. The van der Waals surface area contributed by atoms with Crippen molar-refractivity contribution >= 4 is 5.91 Å². The summed E-state index contributed by atoms with van der Waals surface area (Å²) in [5, 5.41) is 53.8. The van der Waals surface area contributed by atoms with Crippen molar-refractivity contribution in [1.82, 2.24) is 5.32 Å². The second-order valence-corrected chi connectivity index (χ2v) is 16.9. The number of aliphatic hydroxyl groups excluding tert-OH is 5. The maximum atomic E-state index is 12.7. The number of carbonyl (C=O) groups excluding carboxylic acids is 1. The van der Waals surface area contributed by atoms with Gasteiger partial charge in [-0.15, -0.1) is 0 Å². The molecule has 0 bridgehead atoms. The molecule has 0 aromatic rings. The van der Waals surface area contributed by atoms with E-state index in [1.165, 1.54) is 135 Å². The molecule has 1 aliphatic rings. The van der Waals surface area contributed by atoms with Crippen LogP contribution in [0.25, 0.3) is 0 Å². The van der Waals surface area contributed by atoms with Gasteiger partial charge in [-0.25, -0.2) is 0 Å². The van der Waals surface area contributed by atoms with Crippen LogP contribution in [0.3, 0.4) is 0 Å². The molecule has 0 saturated carbocycles. The number of ether oxygens (including phenoxy) is 2. The van der Waals surface area contributed by atoms with Crippen LogP contribution in [0.1, 0.15) is 213 Å². The molecular formula is C49H91NO8. The molecule has 9 heteroatoms. The Kier molecular flexibility index (Phi) is 37.1. The number of carbonyl (C=O) groups is 1. The molecule has 7 atom stereocenters. The smallest absolute Gasteiger partial charge is 0.220 e. The van der Waals surface area contributed by atoms with Crippen molar-refractivity contribution in [1.29, 1.82) is 0 Å². The maximum absolute atomic E-state index is 12.7. The Morgan fingerprint density at radius 3 is 1.45 bits per heavy atom. The second kappa shape index (κ2) is 39.5. The highest BCUT2D eigenvalue weighted by Crippen LogP contribution is 2.22. The fourth-order valence-corrected chi connectivity index (χ4v) is 7.54. The van der Waals surface area contributed by atoms with Crippen LogP contribution in [0.15, 0.2) is 36.5 Å². The van der Waals surface area contributed by atoms with Crippen molar-refractivity contribution in [3.05, 3.63) is 36.5 Å². The minimum absolute atomic E-state index is 0.205. The molecule has 58 heavy (non-hydrogen) atoms. The number of aliphatic hydroxyl groups is 5. The normalized spacial score (nSPS) is 21.1. The van der Waals surface area contributed by atoms with E-state index in [1.54, 1.807) is 6.08 Å². The Morgan fingerprint density at radius 1 is 0.569 bits per heavy atom. The SMILES string of the molecule is CCCCCCCCCCCCCCCCCCCCCC/C=C/CC/C=C/CC/C=C/C(O)C(COC1OC(CO)C(O)C(O)C1O)NC(=O)CCCCCCC. The lowest BCUT2D eigenvalue weighted by Gasteiger charge is -2.40. The zero-order valence-corrected chi connectivity index (χ0v) is 37.3. The van der Waals surface area contributed by atoms with Gasteiger partial charge >= 0.3 is 0 Å². The Bertz CT molecular complexity index is 1000. The van der Waals surface area contributed by atoms with E-state index >= 15 is 0 Å². The van der Waals surface area contributed by atoms with E-state index in [1.807, 2.05) is 6.08 Å². The maximum Gasteiger partial charge on any atom is 0.220 e. The lowest BCUT2D eigenvalue weighted by molar-refractivity contribution is -0.302. The zero-order valence-electron chi connectivity index (χ0n) is 37.3. The number of nitrogens with one attached hydrogen (secondary N) is 1. The third-order valence-electron chi connectivity index (χ3n) is 11.4. The molecule has 7 unspecified atom stereocenters. The average molecular weight is 822 g/mol. The van der Waals surface area contributed by atoms with Crippen molar-refractivity contribution < 1.29 is 39.8 Å². The van der Waals surface area contributed by atoms with Crippen LogP contribution in [0.4, 0.5) is 0 Å². The molecule has 9 nitrogen and oxygen atoms in total. The van der Waals surface area contributed by atoms with E-state index < -0.39 is 49.5 Å². The number of rotatable bonds is 40. The number of allylic oxidation sites excluding steroid dienone is 5. The Balaban J connectivity index is 2.14. The first-order valence-corrected chi connectivity index (χ1v) is 24.2. The molecule has 0 radical (unpaired) electrons. The second-order valence-electron chi connectivity index (χ2n) is 16.9. The first-order valence-electron chi connectivity index (χ1n) is 24.2. The summed E-state index contributed by atoms with van der Waals surface area (Å²) in [6.45, 7) is 3.65. The number of hydrogen-bond donors (Lipinski definition) is 6. The van der Waals surface area contributed by atoms with E-state index in [0.29, 0.717) is 6.42 Å². The summed E-state index contributed by atoms with van der Waals surface area (Å²) in [6.07, 6.45) is 42.8. The molecule has 1 amide bonds. The molecule has 0 aromatic heterocycles. The molecule has 1 fully saturated rings. The summed E-state index contributed by atoms with van der Waals surface area (Å²) in [4.78, 5) is 12.7. The number of hydrogen-bond acceptors (Lipinski definition) is 8. The lowest BCUT2D eigenvalue weighted by atomic mass is 9.99. The van der Waals surface area contributed by atoms with Crippen LogP contribution in [-0.4, -0.2) is 87.5 Å². The summed E-state index contributed by atoms with van der Waals surface area (Å²) >= 11 is 0. The van der Waals surface area contributed by atoms with E-state index in [-0.39, 0.29) is 12.5 Å². The van der Waals surface area contributed by atoms with Gasteiger partial charge in [-0.3, -0.25) is 4.79 Å². The summed E-state index contributed by atoms with van der Waals surface area (Å²) in [6, 6.07) is -0.822. The zero-order chi connectivity index (χ0) is 42.3. The largest absolute Gasteiger partial charge is 0.394 e. The predicted molar refractivity (Wildman–Crippen MR) is 240 cm³/mol. The molecule has 0 aliphatic carbocycles. The van der Waals surface area contributed by atoms with Crippen molar-refractivity contribution in [3.8, 4) is 0 Å². The van der Waals surface area contributed by atoms with Crippen molar-refractivity contribution in [2.75, 3.05) is 13.2 Å². The van der Waals surface area contributed by atoms with Gasteiger partial charge in [0.25, 0.3) is 0 Å². The van der Waals surface area contributed by atoms with Gasteiger partial charge in [0.1, 0.15) is 24.4 Å². The number of amides is 1. The molecule has 6 N–H and O–H groups in total. The highest BCUT2D eigenvalue weighted by atomic mass is 16.7. The van der Waals surface area contributed by atoms with Gasteiger partial charge in [0.15, 0.2) is 6.29 Å². The first-order chi connectivity index (χ1) is 28.3.